The predicted octanol–water partition coefficient (Wildman–Crippen LogP) is 1.55. The summed E-state index contributed by atoms with van der Waals surface area (Å²) in [7, 11) is 1.75. The first-order chi connectivity index (χ1) is 15.9. The lowest BCUT2D eigenvalue weighted by molar-refractivity contribution is 0.0931. The Kier molecular flexibility index (Phi) is 5.17. The summed E-state index contributed by atoms with van der Waals surface area (Å²) in [6.07, 6.45) is 8.39. The lowest BCUT2D eigenvalue weighted by atomic mass is 10.1. The molecule has 3 aromatic heterocycles. The van der Waals surface area contributed by atoms with Gasteiger partial charge in [-0.05, 0) is 19.1 Å². The summed E-state index contributed by atoms with van der Waals surface area (Å²) in [5.41, 5.74) is 2.65. The van der Waals surface area contributed by atoms with Crippen molar-refractivity contribution in [1.29, 1.82) is 0 Å². The third-order valence-corrected chi connectivity index (χ3v) is 5.46. The van der Waals surface area contributed by atoms with Crippen molar-refractivity contribution in [3.63, 3.8) is 0 Å². The summed E-state index contributed by atoms with van der Waals surface area (Å²) in [6, 6.07) is 1.35. The van der Waals surface area contributed by atoms with Crippen LogP contribution in [0.15, 0.2) is 43.0 Å². The minimum Gasteiger partial charge on any atom is -0.473 e. The van der Waals surface area contributed by atoms with E-state index in [1.807, 2.05) is 0 Å². The van der Waals surface area contributed by atoms with Crippen molar-refractivity contribution in [3.05, 3.63) is 65.5 Å². The number of anilines is 1. The van der Waals surface area contributed by atoms with Gasteiger partial charge in [-0.2, -0.15) is 5.10 Å². The fraction of sp³-hybridized carbons (Fsp3) is 0.273. The first kappa shape index (κ1) is 20.9. The van der Waals surface area contributed by atoms with E-state index in [-0.39, 0.29) is 24.9 Å². The summed E-state index contributed by atoms with van der Waals surface area (Å²) in [6.45, 7) is 2.20. The van der Waals surface area contributed by atoms with Crippen molar-refractivity contribution in [3.8, 4) is 5.88 Å². The number of aliphatic hydroxyl groups is 1. The second kappa shape index (κ2) is 8.17. The van der Waals surface area contributed by atoms with E-state index in [0.29, 0.717) is 28.2 Å². The van der Waals surface area contributed by atoms with Crippen LogP contribution in [0.4, 0.5) is 10.2 Å². The van der Waals surface area contributed by atoms with Crippen LogP contribution in [0.1, 0.15) is 28.4 Å². The van der Waals surface area contributed by atoms with Crippen molar-refractivity contribution in [1.82, 2.24) is 29.8 Å². The Morgan fingerprint density at radius 2 is 2.12 bits per heavy atom. The van der Waals surface area contributed by atoms with Gasteiger partial charge in [-0.1, -0.05) is 6.08 Å². The first-order valence-electron chi connectivity index (χ1n) is 10.4. The van der Waals surface area contributed by atoms with Crippen LogP contribution < -0.4 is 15.4 Å². The smallest absolute Gasteiger partial charge is 0.256 e. The van der Waals surface area contributed by atoms with Crippen LogP contribution in [0.5, 0.6) is 5.88 Å². The Morgan fingerprint density at radius 1 is 1.27 bits per heavy atom. The number of hydrogen-bond acceptors (Lipinski definition) is 8. The molecule has 0 fully saturated rings. The highest BCUT2D eigenvalue weighted by molar-refractivity contribution is 6.00. The second-order valence-electron chi connectivity index (χ2n) is 7.96. The van der Waals surface area contributed by atoms with Gasteiger partial charge in [0.25, 0.3) is 5.91 Å². The molecule has 2 aliphatic heterocycles. The van der Waals surface area contributed by atoms with E-state index in [0.717, 1.165) is 11.8 Å². The second-order valence-corrected chi connectivity index (χ2v) is 7.96. The van der Waals surface area contributed by atoms with Crippen LogP contribution in [0, 0.1) is 5.82 Å². The highest BCUT2D eigenvalue weighted by atomic mass is 19.1. The average Bonchev–Trinajstić information content (AvgIpc) is 3.21. The molecule has 170 valence electrons. The highest BCUT2D eigenvalue weighted by Gasteiger charge is 2.22. The summed E-state index contributed by atoms with van der Waals surface area (Å²) in [5.74, 6) is -0.0899. The van der Waals surface area contributed by atoms with Crippen LogP contribution in [-0.4, -0.2) is 61.4 Å². The molecule has 3 N–H and O–H groups in total. The zero-order valence-electron chi connectivity index (χ0n) is 18.0. The van der Waals surface area contributed by atoms with Crippen LogP contribution in [0.2, 0.25) is 0 Å². The quantitative estimate of drug-likeness (QED) is 0.510. The number of aromatic nitrogens is 4. The molecule has 0 saturated heterocycles. The van der Waals surface area contributed by atoms with E-state index in [1.165, 1.54) is 16.8 Å². The molecule has 2 atom stereocenters. The number of nitrogens with one attached hydrogen (secondary N) is 2. The Balaban J connectivity index is 1.64. The predicted molar refractivity (Wildman–Crippen MR) is 118 cm³/mol. The van der Waals surface area contributed by atoms with Gasteiger partial charge in [0.2, 0.25) is 5.88 Å². The molecule has 0 saturated carbocycles. The van der Waals surface area contributed by atoms with Crippen molar-refractivity contribution >= 4 is 22.9 Å². The number of pyridine rings is 1. The maximum Gasteiger partial charge on any atom is 0.256 e. The van der Waals surface area contributed by atoms with Crippen LogP contribution in [0.3, 0.4) is 0 Å². The summed E-state index contributed by atoms with van der Waals surface area (Å²) >= 11 is 0. The Labute approximate surface area is 188 Å². The van der Waals surface area contributed by atoms with E-state index in [1.54, 1.807) is 43.4 Å². The van der Waals surface area contributed by atoms with Gasteiger partial charge in [0.15, 0.2) is 5.65 Å². The number of halogens is 1. The molecular formula is C22H22FN7O3. The zero-order chi connectivity index (χ0) is 23.1. The molecule has 3 aromatic rings. The molecule has 0 aliphatic carbocycles. The van der Waals surface area contributed by atoms with E-state index < -0.39 is 18.1 Å². The first-order valence-corrected chi connectivity index (χ1v) is 10.4. The fourth-order valence-electron chi connectivity index (χ4n) is 3.69. The molecule has 0 radical (unpaired) electrons. The van der Waals surface area contributed by atoms with Crippen LogP contribution in [0.25, 0.3) is 11.2 Å². The normalized spacial score (nSPS) is 20.7. The van der Waals surface area contributed by atoms with Gasteiger partial charge >= 0.3 is 0 Å². The number of carbonyl (C=O) groups is 1. The number of amides is 1. The molecule has 5 heterocycles. The van der Waals surface area contributed by atoms with Gasteiger partial charge in [0.1, 0.15) is 29.5 Å². The molecule has 10 nitrogen and oxygen atoms in total. The molecule has 1 amide bonds. The molecule has 2 aliphatic rings. The molecule has 5 rings (SSSR count). The van der Waals surface area contributed by atoms with E-state index in [4.69, 9.17) is 4.74 Å². The van der Waals surface area contributed by atoms with Gasteiger partial charge < -0.3 is 25.4 Å². The maximum absolute atomic E-state index is 14.0. The van der Waals surface area contributed by atoms with Gasteiger partial charge in [-0.15, -0.1) is 0 Å². The number of ether oxygens (including phenoxy) is 1. The number of carbonyl (C=O) groups excluding carboxylic acids is 1. The largest absolute Gasteiger partial charge is 0.473 e. The number of allylic oxidation sites excluding steroid dienone is 2. The number of hydrogen-bond donors (Lipinski definition) is 3. The summed E-state index contributed by atoms with van der Waals surface area (Å²) in [5, 5.41) is 20.3. The third-order valence-electron chi connectivity index (χ3n) is 5.46. The monoisotopic (exact) mass is 451 g/mol. The van der Waals surface area contributed by atoms with Gasteiger partial charge in [0, 0.05) is 42.7 Å². The fourth-order valence-corrected chi connectivity index (χ4v) is 3.69. The number of aliphatic hydroxyl groups excluding tert-OH is 1. The topological polar surface area (TPSA) is 117 Å². The van der Waals surface area contributed by atoms with Gasteiger partial charge in [-0.3, -0.25) is 4.79 Å². The minimum absolute atomic E-state index is 0.184. The van der Waals surface area contributed by atoms with E-state index in [9.17, 15) is 14.3 Å². The Hall–Kier alpha value is -3.99. The van der Waals surface area contributed by atoms with Crippen molar-refractivity contribution in [2.75, 3.05) is 18.9 Å². The maximum atomic E-state index is 14.0. The van der Waals surface area contributed by atoms with Gasteiger partial charge in [-0.25, -0.2) is 18.9 Å². The van der Waals surface area contributed by atoms with E-state index in [2.05, 4.69) is 25.7 Å². The Morgan fingerprint density at radius 3 is 2.94 bits per heavy atom. The van der Waals surface area contributed by atoms with Crippen molar-refractivity contribution < 1.29 is 19.0 Å². The Bertz CT molecular complexity index is 1300. The number of fused-ring (bicyclic) bond motifs is 2. The molecule has 1 unspecified atom stereocenters. The molecule has 33 heavy (non-hydrogen) atoms. The third kappa shape index (κ3) is 3.98. The van der Waals surface area contributed by atoms with Crippen molar-refractivity contribution in [2.24, 2.45) is 0 Å². The lowest BCUT2D eigenvalue weighted by Crippen LogP contribution is -2.33. The van der Waals surface area contributed by atoms with E-state index >= 15 is 0 Å². The SMILES string of the molecule is C[C@H]1CNC(=O)c2cnn3cc(C4=CN(C)C(O)C=C4)c(nc23)NCc2cc(F)cnc2O1. The number of likely N-dealkylation sites (N-methyl/N-ethyl adjacent to an activating group) is 1. The molecule has 2 bridgehead atoms. The van der Waals surface area contributed by atoms with Crippen LogP contribution in [-0.2, 0) is 6.54 Å². The number of nitrogens with zero attached hydrogens (tertiary/aromatic N) is 5. The molecule has 0 aromatic carbocycles. The van der Waals surface area contributed by atoms with Crippen molar-refractivity contribution in [2.45, 2.75) is 25.8 Å². The zero-order valence-corrected chi connectivity index (χ0v) is 18.0. The standard InChI is InChI=1S/C22H22FN7O3/c1-12-6-25-21(32)16-9-27-30-11-17(13-3-4-18(31)29(2)10-13)19(28-20(16)30)24-7-14-5-15(23)8-26-22(14)33-12/h3-5,8-12,18,31H,6-7H2,1-2H3,(H,24,28)(H,25,32)/t12-,18?/m0/s1. The molecule has 0 spiro atoms. The van der Waals surface area contributed by atoms with Crippen LogP contribution >= 0.6 is 0 Å². The molecule has 11 heteroatoms. The minimum atomic E-state index is -0.733. The average molecular weight is 451 g/mol. The number of rotatable bonds is 1. The summed E-state index contributed by atoms with van der Waals surface area (Å²) < 4.78 is 21.4. The van der Waals surface area contributed by atoms with Gasteiger partial charge in [0.05, 0.1) is 18.9 Å². The molecular weight excluding hydrogens is 429 g/mol. The lowest BCUT2D eigenvalue weighted by Gasteiger charge is -2.24. The summed E-state index contributed by atoms with van der Waals surface area (Å²) in [4.78, 5) is 23.2. The highest BCUT2D eigenvalue weighted by Crippen LogP contribution is 2.29.